The van der Waals surface area contributed by atoms with Gasteiger partial charge in [-0.05, 0) is 6.07 Å². The van der Waals surface area contributed by atoms with Gasteiger partial charge in [-0.2, -0.15) is 4.39 Å². The van der Waals surface area contributed by atoms with Crippen LogP contribution in [0.3, 0.4) is 0 Å². The number of likely N-dealkylation sites (N-methyl/N-ethyl adjacent to an activating group) is 1. The summed E-state index contributed by atoms with van der Waals surface area (Å²) < 4.78 is 35.7. The van der Waals surface area contributed by atoms with E-state index in [1.54, 1.807) is 11.9 Å². The van der Waals surface area contributed by atoms with Gasteiger partial charge in [0, 0.05) is 18.8 Å². The summed E-state index contributed by atoms with van der Waals surface area (Å²) in [6.45, 7) is 4.10. The summed E-state index contributed by atoms with van der Waals surface area (Å²) in [5, 5.41) is 7.29. The predicted molar refractivity (Wildman–Crippen MR) is 81.5 cm³/mol. The normalized spacial score (nSPS) is 14.0. The van der Waals surface area contributed by atoms with Crippen molar-refractivity contribution in [3.05, 3.63) is 58.9 Å². The van der Waals surface area contributed by atoms with Crippen molar-refractivity contribution in [1.29, 1.82) is 0 Å². The van der Waals surface area contributed by atoms with Crippen molar-refractivity contribution in [3.8, 4) is 11.4 Å². The van der Waals surface area contributed by atoms with Gasteiger partial charge < -0.3 is 9.64 Å². The molecule has 0 amide bonds. The molecule has 0 saturated heterocycles. The van der Waals surface area contributed by atoms with Gasteiger partial charge in [0.2, 0.25) is 11.7 Å². The standard InChI is InChI=1S/C15H11F2N5O2/c1-8-6-24-12-3-9(16)10(4-11(12)20(8)2)22-14(23)5-13(17)21-7-18-19-15(21)22/h3-5,7H,1,6H2,2H3. The van der Waals surface area contributed by atoms with Gasteiger partial charge in [-0.1, -0.05) is 6.58 Å². The largest absolute Gasteiger partial charge is 0.485 e. The average molecular weight is 331 g/mol. The zero-order valence-electron chi connectivity index (χ0n) is 12.5. The third-order valence-electron chi connectivity index (χ3n) is 3.92. The van der Waals surface area contributed by atoms with Crippen molar-refractivity contribution in [2.45, 2.75) is 0 Å². The van der Waals surface area contributed by atoms with Gasteiger partial charge in [0.05, 0.1) is 17.4 Å². The molecule has 0 unspecified atom stereocenters. The minimum atomic E-state index is -0.830. The molecule has 7 nitrogen and oxygen atoms in total. The number of fused-ring (bicyclic) bond motifs is 2. The van der Waals surface area contributed by atoms with E-state index in [0.29, 0.717) is 17.1 Å². The Hall–Kier alpha value is -3.23. The van der Waals surface area contributed by atoms with Crippen LogP contribution in [0.1, 0.15) is 0 Å². The van der Waals surface area contributed by atoms with E-state index in [2.05, 4.69) is 16.8 Å². The van der Waals surface area contributed by atoms with E-state index in [1.807, 2.05) is 0 Å². The number of halogens is 2. The molecule has 0 saturated carbocycles. The van der Waals surface area contributed by atoms with Gasteiger partial charge in [0.15, 0.2) is 5.82 Å². The second-order valence-electron chi connectivity index (χ2n) is 5.33. The summed E-state index contributed by atoms with van der Waals surface area (Å²) in [5.41, 5.74) is 0.377. The lowest BCUT2D eigenvalue weighted by atomic mass is 10.2. The molecule has 0 spiro atoms. The summed E-state index contributed by atoms with van der Waals surface area (Å²) in [7, 11) is 1.76. The summed E-state index contributed by atoms with van der Waals surface area (Å²) >= 11 is 0. The number of anilines is 1. The molecule has 122 valence electrons. The minimum Gasteiger partial charge on any atom is -0.485 e. The fourth-order valence-corrected chi connectivity index (χ4v) is 2.60. The molecule has 4 rings (SSSR count). The highest BCUT2D eigenvalue weighted by Crippen LogP contribution is 2.36. The van der Waals surface area contributed by atoms with Crippen LogP contribution in [0.15, 0.2) is 41.6 Å². The molecule has 1 aliphatic rings. The van der Waals surface area contributed by atoms with Crippen LogP contribution in [0.5, 0.6) is 5.75 Å². The summed E-state index contributed by atoms with van der Waals surface area (Å²) in [5.74, 6) is -1.33. The lowest BCUT2D eigenvalue weighted by Crippen LogP contribution is -2.27. The maximum atomic E-state index is 14.6. The lowest BCUT2D eigenvalue weighted by molar-refractivity contribution is 0.336. The first-order valence-corrected chi connectivity index (χ1v) is 6.97. The van der Waals surface area contributed by atoms with Gasteiger partial charge in [-0.15, -0.1) is 10.2 Å². The van der Waals surface area contributed by atoms with Crippen LogP contribution >= 0.6 is 0 Å². The molecule has 0 atom stereocenters. The highest BCUT2D eigenvalue weighted by Gasteiger charge is 2.23. The summed E-state index contributed by atoms with van der Waals surface area (Å²) in [6.07, 6.45) is 1.11. The molecule has 2 aromatic heterocycles. The predicted octanol–water partition coefficient (Wildman–Crippen LogP) is 1.50. The number of ether oxygens (including phenoxy) is 1. The van der Waals surface area contributed by atoms with Gasteiger partial charge in [0.1, 0.15) is 18.7 Å². The van der Waals surface area contributed by atoms with Crippen LogP contribution in [-0.2, 0) is 0 Å². The number of hydrogen-bond donors (Lipinski definition) is 0. The minimum absolute atomic E-state index is 0.0816. The zero-order chi connectivity index (χ0) is 17.0. The van der Waals surface area contributed by atoms with Crippen LogP contribution in [0, 0.1) is 11.8 Å². The molecular weight excluding hydrogens is 320 g/mol. The maximum Gasteiger partial charge on any atom is 0.262 e. The molecule has 1 aliphatic heterocycles. The molecule has 3 heterocycles. The van der Waals surface area contributed by atoms with Gasteiger partial charge in [0.25, 0.3) is 5.56 Å². The smallest absolute Gasteiger partial charge is 0.262 e. The Morgan fingerprint density at radius 3 is 2.83 bits per heavy atom. The second kappa shape index (κ2) is 4.88. The highest BCUT2D eigenvalue weighted by atomic mass is 19.1. The van der Waals surface area contributed by atoms with Crippen LogP contribution in [-0.4, -0.2) is 32.8 Å². The van der Waals surface area contributed by atoms with E-state index >= 15 is 0 Å². The monoisotopic (exact) mass is 331 g/mol. The summed E-state index contributed by atoms with van der Waals surface area (Å²) in [4.78, 5) is 14.0. The van der Waals surface area contributed by atoms with Crippen molar-refractivity contribution in [3.63, 3.8) is 0 Å². The van der Waals surface area contributed by atoms with Crippen molar-refractivity contribution < 1.29 is 13.5 Å². The average Bonchev–Trinajstić information content (AvgIpc) is 3.02. The number of rotatable bonds is 1. The topological polar surface area (TPSA) is 64.7 Å². The highest BCUT2D eigenvalue weighted by molar-refractivity contribution is 5.68. The van der Waals surface area contributed by atoms with E-state index in [0.717, 1.165) is 21.4 Å². The van der Waals surface area contributed by atoms with Crippen LogP contribution < -0.4 is 15.2 Å². The molecule has 0 fully saturated rings. The van der Waals surface area contributed by atoms with Crippen molar-refractivity contribution in [2.24, 2.45) is 0 Å². The Morgan fingerprint density at radius 1 is 1.25 bits per heavy atom. The third kappa shape index (κ3) is 1.91. The number of nitrogens with zero attached hydrogens (tertiary/aromatic N) is 5. The fourth-order valence-electron chi connectivity index (χ4n) is 2.60. The van der Waals surface area contributed by atoms with Crippen molar-refractivity contribution in [2.75, 3.05) is 18.6 Å². The zero-order valence-corrected chi connectivity index (χ0v) is 12.5. The second-order valence-corrected chi connectivity index (χ2v) is 5.33. The third-order valence-corrected chi connectivity index (χ3v) is 3.92. The van der Waals surface area contributed by atoms with E-state index in [4.69, 9.17) is 4.74 Å². The molecule has 0 N–H and O–H groups in total. The summed E-state index contributed by atoms with van der Waals surface area (Å²) in [6, 6.07) is 3.35. The Balaban J connectivity index is 2.04. The molecular formula is C15H11F2N5O2. The Bertz CT molecular complexity index is 1060. The molecule has 3 aromatic rings. The van der Waals surface area contributed by atoms with Crippen LogP contribution in [0.2, 0.25) is 0 Å². The fraction of sp³-hybridized carbons (Fsp3) is 0.133. The van der Waals surface area contributed by atoms with Crippen LogP contribution in [0.25, 0.3) is 11.5 Å². The number of hydrogen-bond acceptors (Lipinski definition) is 5. The quantitative estimate of drug-likeness (QED) is 0.632. The lowest BCUT2D eigenvalue weighted by Gasteiger charge is -2.30. The number of benzene rings is 1. The van der Waals surface area contributed by atoms with Crippen LogP contribution in [0.4, 0.5) is 14.5 Å². The molecule has 1 aromatic carbocycles. The Kier molecular flexibility index (Phi) is 2.92. The molecule has 9 heteroatoms. The van der Waals surface area contributed by atoms with E-state index in [-0.39, 0.29) is 18.1 Å². The molecule has 0 aliphatic carbocycles. The van der Waals surface area contributed by atoms with Gasteiger partial charge >= 0.3 is 0 Å². The SMILES string of the molecule is C=C1COc2cc(F)c(-n3c(=O)cc(F)n4cnnc34)cc2N1C. The van der Waals surface area contributed by atoms with Gasteiger partial charge in [-0.3, -0.25) is 4.79 Å². The van der Waals surface area contributed by atoms with Crippen molar-refractivity contribution >= 4 is 11.5 Å². The Labute approximate surface area is 134 Å². The van der Waals surface area contributed by atoms with E-state index < -0.39 is 17.3 Å². The molecule has 0 radical (unpaired) electrons. The Morgan fingerprint density at radius 2 is 2.04 bits per heavy atom. The maximum absolute atomic E-state index is 14.6. The first kappa shape index (κ1) is 14.4. The van der Waals surface area contributed by atoms with Gasteiger partial charge in [-0.25, -0.2) is 13.4 Å². The van der Waals surface area contributed by atoms with Crippen molar-refractivity contribution in [1.82, 2.24) is 19.2 Å². The van der Waals surface area contributed by atoms with E-state index in [9.17, 15) is 13.6 Å². The van der Waals surface area contributed by atoms with E-state index in [1.165, 1.54) is 12.1 Å². The molecule has 0 bridgehead atoms. The number of aromatic nitrogens is 4. The first-order valence-electron chi connectivity index (χ1n) is 6.97. The first-order chi connectivity index (χ1) is 11.5. The molecule has 24 heavy (non-hydrogen) atoms.